The average molecular weight is 162 g/mol. The Labute approximate surface area is 73.1 Å². The molecular formula is C10H14N2. The highest BCUT2D eigenvalue weighted by molar-refractivity contribution is 5.04. The molecule has 1 aromatic rings. The summed E-state index contributed by atoms with van der Waals surface area (Å²) in [6, 6.07) is 6.00. The summed E-state index contributed by atoms with van der Waals surface area (Å²) in [6.07, 6.45) is 5.41. The van der Waals surface area contributed by atoms with Crippen LogP contribution in [0.3, 0.4) is 0 Å². The highest BCUT2D eigenvalue weighted by Crippen LogP contribution is 2.00. The molecule has 0 aliphatic rings. The molecule has 0 spiro atoms. The van der Waals surface area contributed by atoms with E-state index in [1.807, 2.05) is 18.2 Å². The Bertz CT molecular complexity index is 231. The molecule has 0 aromatic carbocycles. The van der Waals surface area contributed by atoms with Crippen molar-refractivity contribution < 1.29 is 0 Å². The van der Waals surface area contributed by atoms with E-state index in [4.69, 9.17) is 5.73 Å². The van der Waals surface area contributed by atoms with Gasteiger partial charge in [0.05, 0.1) is 0 Å². The Balaban J connectivity index is 2.38. The van der Waals surface area contributed by atoms with E-state index in [9.17, 15) is 0 Å². The van der Waals surface area contributed by atoms with E-state index in [-0.39, 0.29) is 6.04 Å². The van der Waals surface area contributed by atoms with Crippen LogP contribution in [0.4, 0.5) is 0 Å². The molecule has 1 aromatic heterocycles. The summed E-state index contributed by atoms with van der Waals surface area (Å²) in [6.45, 7) is 3.63. The lowest BCUT2D eigenvalue weighted by molar-refractivity contribution is 0.711. The second-order valence-corrected chi connectivity index (χ2v) is 2.76. The van der Waals surface area contributed by atoms with Crippen molar-refractivity contribution >= 4 is 0 Å². The van der Waals surface area contributed by atoms with Crippen LogP contribution in [-0.2, 0) is 6.42 Å². The van der Waals surface area contributed by atoms with E-state index < -0.39 is 0 Å². The highest BCUT2D eigenvalue weighted by Gasteiger charge is 1.97. The van der Waals surface area contributed by atoms with E-state index in [1.165, 1.54) is 0 Å². The van der Waals surface area contributed by atoms with Crippen molar-refractivity contribution in [1.82, 2.24) is 4.98 Å². The lowest BCUT2D eigenvalue weighted by Gasteiger charge is -2.04. The van der Waals surface area contributed by atoms with Gasteiger partial charge in [0.15, 0.2) is 0 Å². The van der Waals surface area contributed by atoms with Crippen molar-refractivity contribution in [3.05, 3.63) is 42.7 Å². The minimum absolute atomic E-state index is 0.0898. The van der Waals surface area contributed by atoms with Crippen molar-refractivity contribution in [1.29, 1.82) is 0 Å². The van der Waals surface area contributed by atoms with Gasteiger partial charge in [0.25, 0.3) is 0 Å². The van der Waals surface area contributed by atoms with Gasteiger partial charge >= 0.3 is 0 Å². The van der Waals surface area contributed by atoms with E-state index in [1.54, 1.807) is 12.3 Å². The van der Waals surface area contributed by atoms with Crippen LogP contribution in [0.1, 0.15) is 12.1 Å². The van der Waals surface area contributed by atoms with E-state index in [0.29, 0.717) is 0 Å². The number of nitrogens with zero attached hydrogens (tertiary/aromatic N) is 1. The van der Waals surface area contributed by atoms with Gasteiger partial charge in [-0.1, -0.05) is 12.1 Å². The molecule has 0 saturated carbocycles. The van der Waals surface area contributed by atoms with E-state index in [0.717, 1.165) is 18.5 Å². The number of pyridine rings is 1. The molecule has 0 fully saturated rings. The van der Waals surface area contributed by atoms with Gasteiger partial charge in [-0.25, -0.2) is 0 Å². The minimum Gasteiger partial charge on any atom is -0.324 e. The monoisotopic (exact) mass is 162 g/mol. The molecule has 0 radical (unpaired) electrons. The first-order valence-electron chi connectivity index (χ1n) is 4.11. The third kappa shape index (κ3) is 2.84. The predicted octanol–water partition coefficient (Wildman–Crippen LogP) is 1.53. The van der Waals surface area contributed by atoms with Gasteiger partial charge in [0.2, 0.25) is 0 Å². The zero-order valence-corrected chi connectivity index (χ0v) is 7.11. The van der Waals surface area contributed by atoms with Crippen molar-refractivity contribution in [2.24, 2.45) is 5.73 Å². The third-order valence-electron chi connectivity index (χ3n) is 1.76. The summed E-state index contributed by atoms with van der Waals surface area (Å²) in [5, 5.41) is 0. The first-order valence-corrected chi connectivity index (χ1v) is 4.11. The summed E-state index contributed by atoms with van der Waals surface area (Å²) in [5.41, 5.74) is 6.77. The fourth-order valence-corrected chi connectivity index (χ4v) is 0.978. The third-order valence-corrected chi connectivity index (χ3v) is 1.76. The Morgan fingerprint density at radius 1 is 1.58 bits per heavy atom. The SMILES string of the molecule is C=CC(N)CCc1ccccn1. The topological polar surface area (TPSA) is 38.9 Å². The molecule has 1 unspecified atom stereocenters. The normalized spacial score (nSPS) is 12.4. The van der Waals surface area contributed by atoms with Crippen LogP contribution in [0.5, 0.6) is 0 Å². The van der Waals surface area contributed by atoms with Crippen molar-refractivity contribution in [2.45, 2.75) is 18.9 Å². The number of hydrogen-bond donors (Lipinski definition) is 1. The van der Waals surface area contributed by atoms with Gasteiger partial charge in [0.1, 0.15) is 0 Å². The number of nitrogens with two attached hydrogens (primary N) is 1. The quantitative estimate of drug-likeness (QED) is 0.682. The van der Waals surface area contributed by atoms with Gasteiger partial charge in [-0.15, -0.1) is 6.58 Å². The number of hydrogen-bond acceptors (Lipinski definition) is 2. The molecule has 0 aliphatic heterocycles. The molecule has 1 rings (SSSR count). The first-order chi connectivity index (χ1) is 5.83. The van der Waals surface area contributed by atoms with Crippen molar-refractivity contribution in [3.63, 3.8) is 0 Å². The lowest BCUT2D eigenvalue weighted by atomic mass is 10.1. The molecule has 0 saturated heterocycles. The summed E-state index contributed by atoms with van der Waals surface area (Å²) in [5.74, 6) is 0. The second kappa shape index (κ2) is 4.67. The van der Waals surface area contributed by atoms with Crippen LogP contribution in [0.2, 0.25) is 0 Å². The smallest absolute Gasteiger partial charge is 0.0404 e. The molecule has 0 aliphatic carbocycles. The number of aromatic nitrogens is 1. The van der Waals surface area contributed by atoms with Gasteiger partial charge in [-0.2, -0.15) is 0 Å². The van der Waals surface area contributed by atoms with Crippen molar-refractivity contribution in [2.75, 3.05) is 0 Å². The largest absolute Gasteiger partial charge is 0.324 e. The van der Waals surface area contributed by atoms with Crippen molar-refractivity contribution in [3.8, 4) is 0 Å². The van der Waals surface area contributed by atoms with Crippen LogP contribution in [0.15, 0.2) is 37.1 Å². The summed E-state index contributed by atoms with van der Waals surface area (Å²) < 4.78 is 0. The van der Waals surface area contributed by atoms with Crippen LogP contribution in [-0.4, -0.2) is 11.0 Å². The zero-order chi connectivity index (χ0) is 8.81. The molecule has 2 N–H and O–H groups in total. The predicted molar refractivity (Wildman–Crippen MR) is 50.7 cm³/mol. The molecule has 12 heavy (non-hydrogen) atoms. The fraction of sp³-hybridized carbons (Fsp3) is 0.300. The molecule has 0 bridgehead atoms. The van der Waals surface area contributed by atoms with Crippen LogP contribution in [0.25, 0.3) is 0 Å². The average Bonchev–Trinajstić information content (AvgIpc) is 2.16. The molecule has 0 amide bonds. The van der Waals surface area contributed by atoms with E-state index >= 15 is 0 Å². The zero-order valence-electron chi connectivity index (χ0n) is 7.11. The maximum absolute atomic E-state index is 5.67. The standard InChI is InChI=1S/C10H14N2/c1-2-9(11)6-7-10-5-3-4-8-12-10/h2-5,8-9H,1,6-7,11H2. The minimum atomic E-state index is 0.0898. The van der Waals surface area contributed by atoms with Gasteiger partial charge in [-0.3, -0.25) is 4.98 Å². The van der Waals surface area contributed by atoms with E-state index in [2.05, 4.69) is 11.6 Å². The van der Waals surface area contributed by atoms with Gasteiger partial charge in [-0.05, 0) is 25.0 Å². The maximum Gasteiger partial charge on any atom is 0.0404 e. The van der Waals surface area contributed by atoms with Gasteiger partial charge < -0.3 is 5.73 Å². The molecule has 2 heteroatoms. The first kappa shape index (κ1) is 8.94. The van der Waals surface area contributed by atoms with Gasteiger partial charge in [0, 0.05) is 17.9 Å². The Morgan fingerprint density at radius 2 is 2.42 bits per heavy atom. The molecule has 1 atom stereocenters. The summed E-state index contributed by atoms with van der Waals surface area (Å²) >= 11 is 0. The Morgan fingerprint density at radius 3 is 3.00 bits per heavy atom. The molecule has 64 valence electrons. The Hall–Kier alpha value is -1.15. The summed E-state index contributed by atoms with van der Waals surface area (Å²) in [4.78, 5) is 4.20. The van der Waals surface area contributed by atoms with Crippen LogP contribution >= 0.6 is 0 Å². The fourth-order valence-electron chi connectivity index (χ4n) is 0.978. The molecule has 2 nitrogen and oxygen atoms in total. The summed E-state index contributed by atoms with van der Waals surface area (Å²) in [7, 11) is 0. The molecule has 1 heterocycles. The maximum atomic E-state index is 5.67. The number of aryl methyl sites for hydroxylation is 1. The second-order valence-electron chi connectivity index (χ2n) is 2.76. The van der Waals surface area contributed by atoms with Crippen LogP contribution < -0.4 is 5.73 Å². The highest BCUT2D eigenvalue weighted by atomic mass is 14.7. The lowest BCUT2D eigenvalue weighted by Crippen LogP contribution is -2.17. The Kier molecular flexibility index (Phi) is 3.48. The number of rotatable bonds is 4. The molecular weight excluding hydrogens is 148 g/mol. The van der Waals surface area contributed by atoms with Crippen LogP contribution in [0, 0.1) is 0 Å².